The fraction of sp³-hybridized carbons (Fsp3) is 0.100. The van der Waals surface area contributed by atoms with Crippen molar-refractivity contribution in [3.8, 4) is 0 Å². The summed E-state index contributed by atoms with van der Waals surface area (Å²) in [5.41, 5.74) is 4.35. The molecule has 0 atom stereocenters. The van der Waals surface area contributed by atoms with Gasteiger partial charge < -0.3 is 10.6 Å². The van der Waals surface area contributed by atoms with E-state index in [2.05, 4.69) is 27.8 Å². The van der Waals surface area contributed by atoms with Crippen LogP contribution in [-0.2, 0) is 6.54 Å². The average molecular weight is 317 g/mol. The van der Waals surface area contributed by atoms with E-state index in [1.807, 2.05) is 55.5 Å². The smallest absolute Gasteiger partial charge is 0.257 e. The minimum Gasteiger partial charge on any atom is -0.380 e. The molecule has 2 aromatic carbocycles. The van der Waals surface area contributed by atoms with Crippen molar-refractivity contribution >= 4 is 17.3 Å². The second kappa shape index (κ2) is 7.42. The first-order valence-corrected chi connectivity index (χ1v) is 7.82. The van der Waals surface area contributed by atoms with Gasteiger partial charge in [0.1, 0.15) is 0 Å². The molecule has 0 unspecified atom stereocenters. The summed E-state index contributed by atoms with van der Waals surface area (Å²) in [6.07, 6.45) is 3.29. The Hall–Kier alpha value is -3.14. The van der Waals surface area contributed by atoms with Crippen LogP contribution in [0.4, 0.5) is 11.4 Å². The third kappa shape index (κ3) is 3.98. The average Bonchev–Trinajstić information content (AvgIpc) is 2.63. The van der Waals surface area contributed by atoms with Gasteiger partial charge in [0.15, 0.2) is 0 Å². The molecule has 1 heterocycles. The largest absolute Gasteiger partial charge is 0.380 e. The highest BCUT2D eigenvalue weighted by molar-refractivity contribution is 6.04. The van der Waals surface area contributed by atoms with Crippen molar-refractivity contribution in [2.24, 2.45) is 0 Å². The Bertz CT molecular complexity index is 831. The fourth-order valence-corrected chi connectivity index (χ4v) is 2.37. The monoisotopic (exact) mass is 317 g/mol. The van der Waals surface area contributed by atoms with Crippen molar-refractivity contribution in [2.45, 2.75) is 13.5 Å². The molecule has 0 radical (unpaired) electrons. The molecule has 120 valence electrons. The van der Waals surface area contributed by atoms with Crippen LogP contribution in [0.5, 0.6) is 0 Å². The quantitative estimate of drug-likeness (QED) is 0.739. The molecular formula is C20H19N3O. The molecule has 1 aromatic heterocycles. The van der Waals surface area contributed by atoms with Gasteiger partial charge in [0.05, 0.1) is 11.3 Å². The van der Waals surface area contributed by atoms with E-state index in [0.29, 0.717) is 12.1 Å². The first-order valence-electron chi connectivity index (χ1n) is 7.82. The Morgan fingerprint density at radius 3 is 2.54 bits per heavy atom. The number of hydrogen-bond donors (Lipinski definition) is 2. The first kappa shape index (κ1) is 15.7. The summed E-state index contributed by atoms with van der Waals surface area (Å²) in [7, 11) is 0. The van der Waals surface area contributed by atoms with E-state index >= 15 is 0 Å². The van der Waals surface area contributed by atoms with Crippen LogP contribution < -0.4 is 10.6 Å². The molecule has 4 heteroatoms. The number of anilines is 2. The number of aryl methyl sites for hydroxylation is 1. The van der Waals surface area contributed by atoms with Crippen molar-refractivity contribution in [3.05, 3.63) is 89.7 Å². The van der Waals surface area contributed by atoms with Gasteiger partial charge in [-0.1, -0.05) is 48.5 Å². The van der Waals surface area contributed by atoms with E-state index in [1.165, 1.54) is 5.56 Å². The number of rotatable bonds is 5. The van der Waals surface area contributed by atoms with Crippen molar-refractivity contribution in [2.75, 3.05) is 10.6 Å². The van der Waals surface area contributed by atoms with Crippen LogP contribution in [0.3, 0.4) is 0 Å². The first-order chi connectivity index (χ1) is 11.7. The molecule has 3 rings (SSSR count). The Morgan fingerprint density at radius 2 is 1.75 bits per heavy atom. The van der Waals surface area contributed by atoms with Crippen molar-refractivity contribution in [1.82, 2.24) is 4.98 Å². The van der Waals surface area contributed by atoms with Gasteiger partial charge in [0.2, 0.25) is 0 Å². The minimum atomic E-state index is -0.167. The molecule has 3 aromatic rings. The molecule has 0 bridgehead atoms. The summed E-state index contributed by atoms with van der Waals surface area (Å²) in [6.45, 7) is 2.65. The maximum Gasteiger partial charge on any atom is 0.257 e. The van der Waals surface area contributed by atoms with Crippen LogP contribution in [0, 0.1) is 6.92 Å². The van der Waals surface area contributed by atoms with Crippen LogP contribution in [-0.4, -0.2) is 10.9 Å². The number of nitrogens with one attached hydrogen (secondary N) is 2. The van der Waals surface area contributed by atoms with Crippen molar-refractivity contribution < 1.29 is 4.79 Å². The maximum atomic E-state index is 12.4. The summed E-state index contributed by atoms with van der Waals surface area (Å²) in [5.74, 6) is -0.167. The lowest BCUT2D eigenvalue weighted by Crippen LogP contribution is -2.13. The van der Waals surface area contributed by atoms with Gasteiger partial charge in [-0.25, -0.2) is 0 Å². The summed E-state index contributed by atoms with van der Waals surface area (Å²) in [4.78, 5) is 16.6. The van der Waals surface area contributed by atoms with E-state index in [9.17, 15) is 4.79 Å². The van der Waals surface area contributed by atoms with Crippen LogP contribution in [0.2, 0.25) is 0 Å². The van der Waals surface area contributed by atoms with E-state index < -0.39 is 0 Å². The third-order valence-electron chi connectivity index (χ3n) is 3.73. The Balaban J connectivity index is 1.68. The number of aromatic nitrogens is 1. The highest BCUT2D eigenvalue weighted by Gasteiger charge is 2.08. The standard InChI is InChI=1S/C20H19N3O/c1-15-7-5-6-10-19(15)23-20(24)17-11-18(14-21-13-17)22-12-16-8-3-2-4-9-16/h2-11,13-14,22H,12H2,1H3,(H,23,24). The topological polar surface area (TPSA) is 54.0 Å². The maximum absolute atomic E-state index is 12.4. The van der Waals surface area contributed by atoms with Gasteiger partial charge in [0.25, 0.3) is 5.91 Å². The van der Waals surface area contributed by atoms with Crippen LogP contribution >= 0.6 is 0 Å². The van der Waals surface area contributed by atoms with Gasteiger partial charge in [-0.3, -0.25) is 9.78 Å². The highest BCUT2D eigenvalue weighted by atomic mass is 16.1. The van der Waals surface area contributed by atoms with Gasteiger partial charge in [-0.05, 0) is 30.2 Å². The van der Waals surface area contributed by atoms with Gasteiger partial charge in [0, 0.05) is 24.6 Å². The number of nitrogens with zero attached hydrogens (tertiary/aromatic N) is 1. The Kier molecular flexibility index (Phi) is 4.87. The van der Waals surface area contributed by atoms with Crippen molar-refractivity contribution in [1.29, 1.82) is 0 Å². The molecular weight excluding hydrogens is 298 g/mol. The summed E-state index contributed by atoms with van der Waals surface area (Å²) < 4.78 is 0. The number of para-hydroxylation sites is 1. The lowest BCUT2D eigenvalue weighted by atomic mass is 10.2. The zero-order valence-corrected chi connectivity index (χ0v) is 13.5. The van der Waals surface area contributed by atoms with Gasteiger partial charge in [-0.2, -0.15) is 0 Å². The molecule has 0 aliphatic rings. The molecule has 0 spiro atoms. The Morgan fingerprint density at radius 1 is 1.00 bits per heavy atom. The molecule has 0 fully saturated rings. The Labute approximate surface area is 141 Å². The number of hydrogen-bond acceptors (Lipinski definition) is 3. The molecule has 0 saturated heterocycles. The second-order valence-electron chi connectivity index (χ2n) is 5.57. The number of benzene rings is 2. The molecule has 1 amide bonds. The summed E-state index contributed by atoms with van der Waals surface area (Å²) >= 11 is 0. The van der Waals surface area contributed by atoms with E-state index in [0.717, 1.165) is 16.9 Å². The van der Waals surface area contributed by atoms with Crippen molar-refractivity contribution in [3.63, 3.8) is 0 Å². The molecule has 4 nitrogen and oxygen atoms in total. The van der Waals surface area contributed by atoms with E-state index in [-0.39, 0.29) is 5.91 Å². The lowest BCUT2D eigenvalue weighted by molar-refractivity contribution is 0.102. The third-order valence-corrected chi connectivity index (χ3v) is 3.73. The van der Waals surface area contributed by atoms with Crippen LogP contribution in [0.25, 0.3) is 0 Å². The number of carbonyl (C=O) groups excluding carboxylic acids is 1. The SMILES string of the molecule is Cc1ccccc1NC(=O)c1cncc(NCc2ccccc2)c1. The van der Waals surface area contributed by atoms with Gasteiger partial charge >= 0.3 is 0 Å². The fourth-order valence-electron chi connectivity index (χ4n) is 2.37. The van der Waals surface area contributed by atoms with E-state index in [1.54, 1.807) is 12.4 Å². The minimum absolute atomic E-state index is 0.167. The van der Waals surface area contributed by atoms with Crippen LogP contribution in [0.1, 0.15) is 21.5 Å². The number of carbonyl (C=O) groups is 1. The highest BCUT2D eigenvalue weighted by Crippen LogP contribution is 2.16. The molecule has 0 aliphatic carbocycles. The molecule has 0 aliphatic heterocycles. The summed E-state index contributed by atoms with van der Waals surface area (Å²) in [6, 6.07) is 19.6. The van der Waals surface area contributed by atoms with Crippen LogP contribution in [0.15, 0.2) is 73.1 Å². The zero-order chi connectivity index (χ0) is 16.8. The summed E-state index contributed by atoms with van der Waals surface area (Å²) in [5, 5.41) is 6.21. The normalized spacial score (nSPS) is 10.2. The van der Waals surface area contributed by atoms with E-state index in [4.69, 9.17) is 0 Å². The molecule has 24 heavy (non-hydrogen) atoms. The van der Waals surface area contributed by atoms with Gasteiger partial charge in [-0.15, -0.1) is 0 Å². The number of amides is 1. The zero-order valence-electron chi connectivity index (χ0n) is 13.5. The molecule has 2 N–H and O–H groups in total. The predicted octanol–water partition coefficient (Wildman–Crippen LogP) is 4.25. The number of pyridine rings is 1. The molecule has 0 saturated carbocycles. The lowest BCUT2D eigenvalue weighted by Gasteiger charge is -2.10. The second-order valence-corrected chi connectivity index (χ2v) is 5.57. The predicted molar refractivity (Wildman–Crippen MR) is 97.1 cm³/mol.